The maximum atomic E-state index is 13.9. The number of fused-ring (bicyclic) bond motifs is 1. The quantitative estimate of drug-likeness (QED) is 0.187. The van der Waals surface area contributed by atoms with Gasteiger partial charge in [0.1, 0.15) is 5.57 Å². The lowest BCUT2D eigenvalue weighted by molar-refractivity contribution is -0.116. The molecular formula is C33H22N4O3. The van der Waals surface area contributed by atoms with E-state index in [1.165, 1.54) is 10.0 Å². The average molecular weight is 523 g/mol. The fraction of sp³-hybridized carbons (Fsp3) is 0. The number of hydrogen-bond donors (Lipinski definition) is 0. The highest BCUT2D eigenvalue weighted by atomic mass is 16.3. The van der Waals surface area contributed by atoms with Crippen LogP contribution in [0.15, 0.2) is 137 Å². The molecule has 6 aromatic rings. The highest BCUT2D eigenvalue weighted by Gasteiger charge is 2.43. The van der Waals surface area contributed by atoms with Crippen LogP contribution in [0.2, 0.25) is 0 Å². The number of carbonyl (C=O) groups excluding carboxylic acids is 2. The first-order valence-corrected chi connectivity index (χ1v) is 12.8. The standard InChI is InChI=1S/C33H22N4O3/c38-32-28(33(39)37(26-19-11-4-12-20-26)36(32)25-17-9-3-10-18-25)21-27-22-29-30(35(27)24-15-7-2-8-16-24)34-31(40-29)23-13-5-1-6-14-23/h1-22H. The molecule has 1 aliphatic heterocycles. The zero-order valence-electron chi connectivity index (χ0n) is 21.2. The molecule has 0 aliphatic carbocycles. The molecule has 2 aromatic heterocycles. The van der Waals surface area contributed by atoms with E-state index in [0.29, 0.717) is 34.2 Å². The second kappa shape index (κ2) is 9.56. The Hall–Kier alpha value is -5.69. The number of oxazole rings is 1. The van der Waals surface area contributed by atoms with Gasteiger partial charge in [-0.1, -0.05) is 72.8 Å². The minimum atomic E-state index is -0.421. The van der Waals surface area contributed by atoms with E-state index in [4.69, 9.17) is 9.40 Å². The van der Waals surface area contributed by atoms with E-state index in [0.717, 1.165) is 11.3 Å². The van der Waals surface area contributed by atoms with Crippen molar-refractivity contribution in [2.75, 3.05) is 10.0 Å². The Morgan fingerprint density at radius 1 is 0.600 bits per heavy atom. The average Bonchev–Trinajstić information content (AvgIpc) is 3.64. The molecular weight excluding hydrogens is 500 g/mol. The molecule has 192 valence electrons. The van der Waals surface area contributed by atoms with Crippen molar-refractivity contribution < 1.29 is 14.0 Å². The van der Waals surface area contributed by atoms with Gasteiger partial charge in [0.15, 0.2) is 11.2 Å². The molecule has 40 heavy (non-hydrogen) atoms. The number of hydrogen-bond acceptors (Lipinski definition) is 4. The summed E-state index contributed by atoms with van der Waals surface area (Å²) in [5, 5.41) is 2.82. The maximum Gasteiger partial charge on any atom is 0.283 e. The van der Waals surface area contributed by atoms with E-state index in [2.05, 4.69) is 0 Å². The Morgan fingerprint density at radius 2 is 1.07 bits per heavy atom. The fourth-order valence-electron chi connectivity index (χ4n) is 4.93. The van der Waals surface area contributed by atoms with Gasteiger partial charge in [0.2, 0.25) is 5.89 Å². The molecule has 4 aromatic carbocycles. The molecule has 1 fully saturated rings. The van der Waals surface area contributed by atoms with Gasteiger partial charge in [-0.05, 0) is 54.6 Å². The van der Waals surface area contributed by atoms with Gasteiger partial charge in [0.25, 0.3) is 11.8 Å². The lowest BCUT2D eigenvalue weighted by atomic mass is 10.2. The summed E-state index contributed by atoms with van der Waals surface area (Å²) in [5.41, 5.74) is 4.65. The summed E-state index contributed by atoms with van der Waals surface area (Å²) in [5.74, 6) is -0.348. The smallest absolute Gasteiger partial charge is 0.283 e. The Bertz CT molecular complexity index is 1820. The minimum Gasteiger partial charge on any atom is -0.434 e. The SMILES string of the molecule is O=C1C(=Cc2cc3oc(-c4ccccc4)nc3n2-c2ccccc2)C(=O)N(c2ccccc2)N1c1ccccc1. The molecule has 1 aliphatic rings. The lowest BCUT2D eigenvalue weighted by Gasteiger charge is -2.27. The van der Waals surface area contributed by atoms with Crippen molar-refractivity contribution in [3.63, 3.8) is 0 Å². The zero-order chi connectivity index (χ0) is 27.1. The van der Waals surface area contributed by atoms with Crippen LogP contribution in [-0.2, 0) is 9.59 Å². The number of carbonyl (C=O) groups is 2. The summed E-state index contributed by atoms with van der Waals surface area (Å²) in [6.07, 6.45) is 1.62. The van der Waals surface area contributed by atoms with Crippen LogP contribution in [0.5, 0.6) is 0 Å². The van der Waals surface area contributed by atoms with Gasteiger partial charge in [0.05, 0.1) is 17.1 Å². The van der Waals surface area contributed by atoms with Gasteiger partial charge < -0.3 is 4.42 Å². The van der Waals surface area contributed by atoms with Crippen LogP contribution in [0.25, 0.3) is 34.4 Å². The Morgan fingerprint density at radius 3 is 1.60 bits per heavy atom. The summed E-state index contributed by atoms with van der Waals surface area (Å²) in [4.78, 5) is 32.6. The molecule has 7 nitrogen and oxygen atoms in total. The maximum absolute atomic E-state index is 13.9. The van der Waals surface area contributed by atoms with Crippen LogP contribution in [0.1, 0.15) is 5.69 Å². The van der Waals surface area contributed by atoms with Crippen molar-refractivity contribution in [3.05, 3.63) is 139 Å². The van der Waals surface area contributed by atoms with Crippen molar-refractivity contribution in [1.82, 2.24) is 9.55 Å². The third-order valence-corrected chi connectivity index (χ3v) is 6.76. The molecule has 0 bridgehead atoms. The number of para-hydroxylation sites is 3. The predicted octanol–water partition coefficient (Wildman–Crippen LogP) is 6.66. The summed E-state index contributed by atoms with van der Waals surface area (Å²) >= 11 is 0. The Labute approximate surface area is 229 Å². The van der Waals surface area contributed by atoms with Crippen LogP contribution in [-0.4, -0.2) is 21.4 Å². The molecule has 0 N–H and O–H groups in total. The Balaban J connectivity index is 1.40. The largest absolute Gasteiger partial charge is 0.434 e. The summed E-state index contributed by atoms with van der Waals surface area (Å²) in [6, 6.07) is 39.5. The van der Waals surface area contributed by atoms with Gasteiger partial charge in [-0.25, -0.2) is 10.0 Å². The van der Waals surface area contributed by atoms with Crippen molar-refractivity contribution in [2.45, 2.75) is 0 Å². The van der Waals surface area contributed by atoms with Gasteiger partial charge >= 0.3 is 0 Å². The van der Waals surface area contributed by atoms with E-state index < -0.39 is 11.8 Å². The van der Waals surface area contributed by atoms with E-state index in [1.807, 2.05) is 108 Å². The summed E-state index contributed by atoms with van der Waals surface area (Å²) in [6.45, 7) is 0. The molecule has 0 spiro atoms. The number of anilines is 2. The first-order chi connectivity index (χ1) is 19.7. The summed E-state index contributed by atoms with van der Waals surface area (Å²) in [7, 11) is 0. The lowest BCUT2D eigenvalue weighted by Crippen LogP contribution is -2.41. The van der Waals surface area contributed by atoms with Crippen LogP contribution in [0.3, 0.4) is 0 Å². The first-order valence-electron chi connectivity index (χ1n) is 12.8. The molecule has 0 radical (unpaired) electrons. The third-order valence-electron chi connectivity index (χ3n) is 6.76. The molecule has 2 amide bonds. The van der Waals surface area contributed by atoms with Crippen LogP contribution in [0, 0.1) is 0 Å². The number of amides is 2. The van der Waals surface area contributed by atoms with E-state index in [-0.39, 0.29) is 5.57 Å². The monoisotopic (exact) mass is 522 g/mol. The Kier molecular flexibility index (Phi) is 5.60. The molecule has 0 saturated carbocycles. The molecule has 0 unspecified atom stereocenters. The van der Waals surface area contributed by atoms with Crippen molar-refractivity contribution in [2.24, 2.45) is 0 Å². The molecule has 7 heteroatoms. The van der Waals surface area contributed by atoms with Crippen LogP contribution in [0.4, 0.5) is 11.4 Å². The third kappa shape index (κ3) is 3.88. The first kappa shape index (κ1) is 23.4. The van der Waals surface area contributed by atoms with Gasteiger partial charge in [0, 0.05) is 17.3 Å². The molecule has 3 heterocycles. The van der Waals surface area contributed by atoms with Crippen LogP contribution >= 0.6 is 0 Å². The second-order valence-corrected chi connectivity index (χ2v) is 9.28. The summed E-state index contributed by atoms with van der Waals surface area (Å²) < 4.78 is 8.04. The molecule has 1 saturated heterocycles. The molecule has 7 rings (SSSR count). The van der Waals surface area contributed by atoms with Crippen LogP contribution < -0.4 is 10.0 Å². The highest BCUT2D eigenvalue weighted by Crippen LogP contribution is 2.35. The van der Waals surface area contributed by atoms with Gasteiger partial charge in [-0.3, -0.25) is 14.2 Å². The van der Waals surface area contributed by atoms with E-state index in [9.17, 15) is 9.59 Å². The predicted molar refractivity (Wildman–Crippen MR) is 155 cm³/mol. The minimum absolute atomic E-state index is 0.0355. The van der Waals surface area contributed by atoms with Crippen molar-refractivity contribution >= 4 is 40.5 Å². The van der Waals surface area contributed by atoms with Crippen molar-refractivity contribution in [1.29, 1.82) is 0 Å². The van der Waals surface area contributed by atoms with E-state index in [1.54, 1.807) is 30.3 Å². The fourth-order valence-corrected chi connectivity index (χ4v) is 4.93. The second-order valence-electron chi connectivity index (χ2n) is 9.28. The molecule has 0 atom stereocenters. The topological polar surface area (TPSA) is 71.6 Å². The van der Waals surface area contributed by atoms with Gasteiger partial charge in [-0.2, -0.15) is 4.98 Å². The van der Waals surface area contributed by atoms with Gasteiger partial charge in [-0.15, -0.1) is 0 Å². The zero-order valence-corrected chi connectivity index (χ0v) is 21.2. The normalized spacial score (nSPS) is 13.4. The van der Waals surface area contributed by atoms with E-state index >= 15 is 0 Å². The highest BCUT2D eigenvalue weighted by molar-refractivity contribution is 6.38. The van der Waals surface area contributed by atoms with Crippen molar-refractivity contribution in [3.8, 4) is 17.1 Å². The number of aromatic nitrogens is 2. The number of rotatable bonds is 5. The number of benzene rings is 4. The number of hydrazine groups is 1. The number of nitrogens with zero attached hydrogens (tertiary/aromatic N) is 4.